The van der Waals surface area contributed by atoms with Crippen LogP contribution in [-0.2, 0) is 4.84 Å². The van der Waals surface area contributed by atoms with Crippen LogP contribution in [0.1, 0.15) is 13.3 Å². The molecule has 0 unspecified atom stereocenters. The Morgan fingerprint density at radius 2 is 2.86 bits per heavy atom. The maximum absolute atomic E-state index is 4.80. The second-order valence-corrected chi connectivity index (χ2v) is 1.31. The summed E-state index contributed by atoms with van der Waals surface area (Å²) in [4.78, 5) is 8.74. The average molecular weight is 100 g/mol. The standard InChI is InChI=1S/C4H8N2O/c1-2-4-5-3-6-7-4/h6H,2-3H2,1H3. The van der Waals surface area contributed by atoms with E-state index in [4.69, 9.17) is 4.84 Å². The molecule has 1 aliphatic heterocycles. The SMILES string of the molecule is CCC1=NCNO1. The summed E-state index contributed by atoms with van der Waals surface area (Å²) in [5.74, 6) is 0.806. The van der Waals surface area contributed by atoms with Gasteiger partial charge in [0.1, 0.15) is 6.67 Å². The van der Waals surface area contributed by atoms with Crippen LogP contribution in [0.2, 0.25) is 0 Å². The first kappa shape index (κ1) is 4.59. The lowest BCUT2D eigenvalue weighted by atomic mass is 10.5. The molecule has 1 N–H and O–H groups in total. The third-order valence-electron chi connectivity index (χ3n) is 0.812. The second kappa shape index (κ2) is 1.93. The van der Waals surface area contributed by atoms with E-state index in [1.165, 1.54) is 0 Å². The van der Waals surface area contributed by atoms with Crippen LogP contribution in [0.4, 0.5) is 0 Å². The van der Waals surface area contributed by atoms with E-state index < -0.39 is 0 Å². The van der Waals surface area contributed by atoms with Gasteiger partial charge in [-0.2, -0.15) is 0 Å². The van der Waals surface area contributed by atoms with Gasteiger partial charge in [0.25, 0.3) is 0 Å². The largest absolute Gasteiger partial charge is 0.392 e. The van der Waals surface area contributed by atoms with Crippen molar-refractivity contribution in [1.82, 2.24) is 5.48 Å². The molecule has 0 atom stereocenters. The number of aliphatic imine (C=N–C) groups is 1. The molecule has 0 aromatic heterocycles. The van der Waals surface area contributed by atoms with Crippen LogP contribution in [0.15, 0.2) is 4.99 Å². The second-order valence-electron chi connectivity index (χ2n) is 1.31. The lowest BCUT2D eigenvalue weighted by molar-refractivity contribution is 0.210. The number of hydrogen-bond acceptors (Lipinski definition) is 3. The summed E-state index contributed by atoms with van der Waals surface area (Å²) in [6, 6.07) is 0. The van der Waals surface area contributed by atoms with Gasteiger partial charge in [-0.15, -0.1) is 5.48 Å². The molecule has 0 aromatic rings. The van der Waals surface area contributed by atoms with Gasteiger partial charge in [-0.05, 0) is 0 Å². The van der Waals surface area contributed by atoms with Crippen molar-refractivity contribution in [1.29, 1.82) is 0 Å². The lowest BCUT2D eigenvalue weighted by Crippen LogP contribution is -2.08. The molecule has 0 amide bonds. The highest BCUT2D eigenvalue weighted by atomic mass is 16.7. The van der Waals surface area contributed by atoms with Crippen LogP contribution in [0.3, 0.4) is 0 Å². The normalized spacial score (nSPS) is 18.7. The van der Waals surface area contributed by atoms with E-state index in [-0.39, 0.29) is 0 Å². The third-order valence-corrected chi connectivity index (χ3v) is 0.812. The Morgan fingerprint density at radius 1 is 2.00 bits per heavy atom. The molecule has 1 rings (SSSR count). The van der Waals surface area contributed by atoms with Gasteiger partial charge in [-0.1, -0.05) is 6.92 Å². The Bertz CT molecular complexity index is 89.7. The zero-order valence-corrected chi connectivity index (χ0v) is 4.27. The van der Waals surface area contributed by atoms with Crippen molar-refractivity contribution in [2.75, 3.05) is 6.67 Å². The average Bonchev–Trinajstić information content (AvgIpc) is 2.14. The van der Waals surface area contributed by atoms with Gasteiger partial charge in [0.15, 0.2) is 0 Å². The molecular formula is C4H8N2O. The Balaban J connectivity index is 2.36. The van der Waals surface area contributed by atoms with Gasteiger partial charge in [0.2, 0.25) is 5.90 Å². The molecule has 7 heavy (non-hydrogen) atoms. The summed E-state index contributed by atoms with van der Waals surface area (Å²) in [5, 5.41) is 0. The molecule has 1 aliphatic rings. The van der Waals surface area contributed by atoms with Crippen molar-refractivity contribution in [3.8, 4) is 0 Å². The zero-order valence-electron chi connectivity index (χ0n) is 4.27. The van der Waals surface area contributed by atoms with Crippen molar-refractivity contribution < 1.29 is 4.84 Å². The van der Waals surface area contributed by atoms with E-state index in [2.05, 4.69) is 10.5 Å². The minimum absolute atomic E-state index is 0.614. The van der Waals surface area contributed by atoms with Crippen LogP contribution in [-0.4, -0.2) is 12.6 Å². The maximum atomic E-state index is 4.80. The molecule has 0 aromatic carbocycles. The highest BCUT2D eigenvalue weighted by molar-refractivity contribution is 5.76. The lowest BCUT2D eigenvalue weighted by Gasteiger charge is -1.91. The van der Waals surface area contributed by atoms with Crippen LogP contribution < -0.4 is 5.48 Å². The van der Waals surface area contributed by atoms with Gasteiger partial charge in [-0.25, -0.2) is 4.99 Å². The Morgan fingerprint density at radius 3 is 3.14 bits per heavy atom. The van der Waals surface area contributed by atoms with Crippen molar-refractivity contribution in [3.63, 3.8) is 0 Å². The van der Waals surface area contributed by atoms with E-state index in [0.717, 1.165) is 12.3 Å². The van der Waals surface area contributed by atoms with E-state index in [0.29, 0.717) is 6.67 Å². The van der Waals surface area contributed by atoms with E-state index in [1.54, 1.807) is 0 Å². The molecule has 0 spiro atoms. The van der Waals surface area contributed by atoms with Gasteiger partial charge in [-0.3, -0.25) is 0 Å². The maximum Gasteiger partial charge on any atom is 0.210 e. The quantitative estimate of drug-likeness (QED) is 0.513. The molecule has 0 fully saturated rings. The monoisotopic (exact) mass is 100 g/mol. The smallest absolute Gasteiger partial charge is 0.210 e. The van der Waals surface area contributed by atoms with Crippen LogP contribution in [0.25, 0.3) is 0 Å². The summed E-state index contributed by atoms with van der Waals surface area (Å²) in [7, 11) is 0. The fourth-order valence-corrected chi connectivity index (χ4v) is 0.452. The predicted molar refractivity (Wildman–Crippen MR) is 26.8 cm³/mol. The Hall–Kier alpha value is -0.570. The molecule has 3 nitrogen and oxygen atoms in total. The number of rotatable bonds is 1. The van der Waals surface area contributed by atoms with Crippen molar-refractivity contribution >= 4 is 5.90 Å². The molecule has 0 bridgehead atoms. The van der Waals surface area contributed by atoms with Crippen molar-refractivity contribution in [2.24, 2.45) is 4.99 Å². The highest BCUT2D eigenvalue weighted by Gasteiger charge is 2.00. The summed E-state index contributed by atoms with van der Waals surface area (Å²) in [6.07, 6.45) is 0.882. The van der Waals surface area contributed by atoms with E-state index >= 15 is 0 Å². The van der Waals surface area contributed by atoms with Crippen LogP contribution in [0, 0.1) is 0 Å². The third kappa shape index (κ3) is 0.899. The predicted octanol–water partition coefficient (Wildman–Crippen LogP) is 0.287. The molecule has 0 saturated carbocycles. The molecule has 40 valence electrons. The number of nitrogens with one attached hydrogen (secondary N) is 1. The molecule has 3 heteroatoms. The summed E-state index contributed by atoms with van der Waals surface area (Å²) < 4.78 is 0. The topological polar surface area (TPSA) is 33.6 Å². The van der Waals surface area contributed by atoms with E-state index in [1.807, 2.05) is 6.92 Å². The highest BCUT2D eigenvalue weighted by Crippen LogP contribution is 1.90. The Labute approximate surface area is 42.3 Å². The fourth-order valence-electron chi connectivity index (χ4n) is 0.452. The Kier molecular flexibility index (Phi) is 1.26. The van der Waals surface area contributed by atoms with Crippen LogP contribution in [0.5, 0.6) is 0 Å². The molecular weight excluding hydrogens is 92.1 g/mol. The zero-order chi connectivity index (χ0) is 5.11. The summed E-state index contributed by atoms with van der Waals surface area (Å²) in [6.45, 7) is 2.62. The summed E-state index contributed by atoms with van der Waals surface area (Å²) in [5.41, 5.74) is 2.62. The van der Waals surface area contributed by atoms with Gasteiger partial charge in [0, 0.05) is 6.42 Å². The molecule has 0 saturated heterocycles. The minimum Gasteiger partial charge on any atom is -0.392 e. The molecule has 1 heterocycles. The number of hydrogen-bond donors (Lipinski definition) is 1. The first-order chi connectivity index (χ1) is 3.43. The molecule has 0 radical (unpaired) electrons. The first-order valence-electron chi connectivity index (χ1n) is 2.36. The first-order valence-corrected chi connectivity index (χ1v) is 2.36. The van der Waals surface area contributed by atoms with Crippen molar-refractivity contribution in [3.05, 3.63) is 0 Å². The number of nitrogens with zero attached hydrogens (tertiary/aromatic N) is 1. The van der Waals surface area contributed by atoms with Gasteiger partial charge >= 0.3 is 0 Å². The van der Waals surface area contributed by atoms with E-state index in [9.17, 15) is 0 Å². The van der Waals surface area contributed by atoms with Crippen molar-refractivity contribution in [2.45, 2.75) is 13.3 Å². The van der Waals surface area contributed by atoms with Gasteiger partial charge in [0.05, 0.1) is 0 Å². The summed E-state index contributed by atoms with van der Waals surface area (Å²) >= 11 is 0. The van der Waals surface area contributed by atoms with Crippen LogP contribution >= 0.6 is 0 Å². The van der Waals surface area contributed by atoms with Gasteiger partial charge < -0.3 is 4.84 Å². The number of hydroxylamine groups is 1. The fraction of sp³-hybridized carbons (Fsp3) is 0.750. The minimum atomic E-state index is 0.614. The molecule has 0 aliphatic carbocycles.